The predicted octanol–water partition coefficient (Wildman–Crippen LogP) is 3.06. The molecule has 21 heavy (non-hydrogen) atoms. The van der Waals surface area contributed by atoms with E-state index in [9.17, 15) is 4.79 Å². The van der Waals surface area contributed by atoms with Crippen molar-refractivity contribution in [3.8, 4) is 5.75 Å². The summed E-state index contributed by atoms with van der Waals surface area (Å²) in [5, 5.41) is 9.80. The first kappa shape index (κ1) is 16.2. The number of rotatable bonds is 5. The Morgan fingerprint density at radius 3 is 2.62 bits per heavy atom. The molecule has 2 rings (SSSR count). The molecule has 0 bridgehead atoms. The number of ether oxygens (including phenoxy) is 1. The first-order valence-electron chi connectivity index (χ1n) is 6.85. The standard InChI is InChI=1S/C14H18Cl2N2O3/c15-11-3-1-4-12(13(11)16)21-10-2-5-17-6-8-18(9-7-17)14(19)20/h1,3-4H,2,5-10H2,(H,19,20). The zero-order valence-electron chi connectivity index (χ0n) is 11.6. The summed E-state index contributed by atoms with van der Waals surface area (Å²) in [5.41, 5.74) is 0. The topological polar surface area (TPSA) is 53.0 Å². The third-order valence-electron chi connectivity index (χ3n) is 3.44. The molecule has 1 aromatic rings. The Kier molecular flexibility index (Phi) is 5.96. The van der Waals surface area contributed by atoms with Crippen LogP contribution in [0.1, 0.15) is 6.42 Å². The van der Waals surface area contributed by atoms with Gasteiger partial charge in [-0.05, 0) is 18.6 Å². The van der Waals surface area contributed by atoms with Gasteiger partial charge in [-0.3, -0.25) is 4.90 Å². The maximum Gasteiger partial charge on any atom is 0.407 e. The lowest BCUT2D eigenvalue weighted by atomic mass is 10.3. The van der Waals surface area contributed by atoms with Crippen molar-refractivity contribution in [2.45, 2.75) is 6.42 Å². The van der Waals surface area contributed by atoms with Gasteiger partial charge in [-0.2, -0.15) is 0 Å². The third kappa shape index (κ3) is 4.66. The Morgan fingerprint density at radius 2 is 1.95 bits per heavy atom. The summed E-state index contributed by atoms with van der Waals surface area (Å²) in [6, 6.07) is 5.31. The second-order valence-electron chi connectivity index (χ2n) is 4.87. The molecule has 1 aliphatic rings. The van der Waals surface area contributed by atoms with Crippen LogP contribution in [-0.4, -0.2) is 60.3 Å². The highest BCUT2D eigenvalue weighted by molar-refractivity contribution is 6.42. The Bertz CT molecular complexity index is 491. The quantitative estimate of drug-likeness (QED) is 0.842. The van der Waals surface area contributed by atoms with Crippen LogP contribution in [-0.2, 0) is 0 Å². The first-order valence-corrected chi connectivity index (χ1v) is 7.60. The normalized spacial score (nSPS) is 16.0. The van der Waals surface area contributed by atoms with E-state index >= 15 is 0 Å². The summed E-state index contributed by atoms with van der Waals surface area (Å²) in [6.45, 7) is 4.10. The van der Waals surface area contributed by atoms with Gasteiger partial charge in [0.15, 0.2) is 0 Å². The molecule has 5 nitrogen and oxygen atoms in total. The van der Waals surface area contributed by atoms with E-state index in [0.29, 0.717) is 35.5 Å². The molecule has 1 N–H and O–H groups in total. The highest BCUT2D eigenvalue weighted by atomic mass is 35.5. The van der Waals surface area contributed by atoms with Crippen molar-refractivity contribution in [1.29, 1.82) is 0 Å². The number of halogens is 2. The Balaban J connectivity index is 1.67. The van der Waals surface area contributed by atoms with Gasteiger partial charge in [-0.1, -0.05) is 29.3 Å². The maximum atomic E-state index is 10.8. The van der Waals surface area contributed by atoms with Crippen molar-refractivity contribution >= 4 is 29.3 Å². The van der Waals surface area contributed by atoms with Crippen molar-refractivity contribution in [2.24, 2.45) is 0 Å². The van der Waals surface area contributed by atoms with E-state index in [0.717, 1.165) is 26.1 Å². The molecule has 1 aromatic carbocycles. The van der Waals surface area contributed by atoms with Crippen LogP contribution in [0.25, 0.3) is 0 Å². The number of carbonyl (C=O) groups is 1. The van der Waals surface area contributed by atoms with Crippen LogP contribution in [0.4, 0.5) is 4.79 Å². The second kappa shape index (κ2) is 7.73. The van der Waals surface area contributed by atoms with Gasteiger partial charge < -0.3 is 14.7 Å². The predicted molar refractivity (Wildman–Crippen MR) is 82.6 cm³/mol. The van der Waals surface area contributed by atoms with Crippen molar-refractivity contribution in [3.63, 3.8) is 0 Å². The van der Waals surface area contributed by atoms with E-state index in [1.165, 1.54) is 4.90 Å². The Morgan fingerprint density at radius 1 is 1.24 bits per heavy atom. The van der Waals surface area contributed by atoms with Crippen LogP contribution in [0.3, 0.4) is 0 Å². The highest BCUT2D eigenvalue weighted by Gasteiger charge is 2.19. The molecular weight excluding hydrogens is 315 g/mol. The maximum absolute atomic E-state index is 10.8. The Labute approximate surface area is 134 Å². The van der Waals surface area contributed by atoms with E-state index in [4.69, 9.17) is 33.0 Å². The molecule has 1 saturated heterocycles. The summed E-state index contributed by atoms with van der Waals surface area (Å²) >= 11 is 12.0. The summed E-state index contributed by atoms with van der Waals surface area (Å²) in [5.74, 6) is 0.597. The van der Waals surface area contributed by atoms with Crippen LogP contribution >= 0.6 is 23.2 Å². The van der Waals surface area contributed by atoms with Gasteiger partial charge >= 0.3 is 6.09 Å². The second-order valence-corrected chi connectivity index (χ2v) is 5.65. The van der Waals surface area contributed by atoms with Crippen LogP contribution in [0.5, 0.6) is 5.75 Å². The van der Waals surface area contributed by atoms with E-state index < -0.39 is 6.09 Å². The van der Waals surface area contributed by atoms with Crippen LogP contribution in [0.15, 0.2) is 18.2 Å². The minimum absolute atomic E-state index is 0.439. The first-order chi connectivity index (χ1) is 10.1. The lowest BCUT2D eigenvalue weighted by molar-refractivity contribution is 0.103. The molecule has 1 amide bonds. The molecule has 0 atom stereocenters. The summed E-state index contributed by atoms with van der Waals surface area (Å²) < 4.78 is 5.62. The van der Waals surface area contributed by atoms with Gasteiger partial charge in [0.25, 0.3) is 0 Å². The summed E-state index contributed by atoms with van der Waals surface area (Å²) in [7, 11) is 0. The molecule has 1 heterocycles. The van der Waals surface area contributed by atoms with Gasteiger partial charge in [0.05, 0.1) is 11.6 Å². The van der Waals surface area contributed by atoms with Crippen molar-refractivity contribution in [2.75, 3.05) is 39.3 Å². The van der Waals surface area contributed by atoms with Crippen LogP contribution in [0.2, 0.25) is 10.0 Å². The number of carboxylic acid groups (broad SMARTS) is 1. The molecule has 7 heteroatoms. The molecule has 0 aliphatic carbocycles. The number of amides is 1. The lowest BCUT2D eigenvalue weighted by Crippen LogP contribution is -2.48. The number of benzene rings is 1. The van der Waals surface area contributed by atoms with Gasteiger partial charge in [0.2, 0.25) is 0 Å². The minimum Gasteiger partial charge on any atom is -0.492 e. The number of hydrogen-bond acceptors (Lipinski definition) is 3. The van der Waals surface area contributed by atoms with E-state index in [-0.39, 0.29) is 0 Å². The van der Waals surface area contributed by atoms with Gasteiger partial charge in [-0.15, -0.1) is 0 Å². The SMILES string of the molecule is O=C(O)N1CCN(CCCOc2cccc(Cl)c2Cl)CC1. The smallest absolute Gasteiger partial charge is 0.407 e. The van der Waals surface area contributed by atoms with E-state index in [1.54, 1.807) is 18.2 Å². The molecule has 1 fully saturated rings. The number of hydrogen-bond donors (Lipinski definition) is 1. The zero-order valence-corrected chi connectivity index (χ0v) is 13.1. The van der Waals surface area contributed by atoms with E-state index in [2.05, 4.69) is 4.90 Å². The fourth-order valence-electron chi connectivity index (χ4n) is 2.23. The van der Waals surface area contributed by atoms with Gasteiger partial charge in [0, 0.05) is 32.7 Å². The number of piperazine rings is 1. The molecule has 0 spiro atoms. The average Bonchev–Trinajstić information content (AvgIpc) is 2.48. The molecule has 0 saturated carbocycles. The largest absolute Gasteiger partial charge is 0.492 e. The van der Waals surface area contributed by atoms with Crippen LogP contribution in [0, 0.1) is 0 Å². The lowest BCUT2D eigenvalue weighted by Gasteiger charge is -2.32. The van der Waals surface area contributed by atoms with Gasteiger partial charge in [-0.25, -0.2) is 4.79 Å². The molecule has 1 aliphatic heterocycles. The van der Waals surface area contributed by atoms with E-state index in [1.807, 2.05) is 0 Å². The van der Waals surface area contributed by atoms with Crippen molar-refractivity contribution < 1.29 is 14.6 Å². The number of nitrogens with zero attached hydrogens (tertiary/aromatic N) is 2. The fraction of sp³-hybridized carbons (Fsp3) is 0.500. The monoisotopic (exact) mass is 332 g/mol. The molecule has 116 valence electrons. The minimum atomic E-state index is -0.839. The fourth-order valence-corrected chi connectivity index (χ4v) is 2.57. The zero-order chi connectivity index (χ0) is 15.2. The van der Waals surface area contributed by atoms with Crippen molar-refractivity contribution in [1.82, 2.24) is 9.80 Å². The average molecular weight is 333 g/mol. The molecule has 0 unspecified atom stereocenters. The molecule has 0 aromatic heterocycles. The summed E-state index contributed by atoms with van der Waals surface area (Å²) in [6.07, 6.45) is 0.0178. The highest BCUT2D eigenvalue weighted by Crippen LogP contribution is 2.31. The summed E-state index contributed by atoms with van der Waals surface area (Å²) in [4.78, 5) is 14.5. The third-order valence-corrected chi connectivity index (χ3v) is 4.24. The molecule has 0 radical (unpaired) electrons. The molecular formula is C14H18Cl2N2O3. The van der Waals surface area contributed by atoms with Gasteiger partial charge in [0.1, 0.15) is 10.8 Å². The van der Waals surface area contributed by atoms with Crippen LogP contribution < -0.4 is 4.74 Å². The van der Waals surface area contributed by atoms with Crippen molar-refractivity contribution in [3.05, 3.63) is 28.2 Å². The Hall–Kier alpha value is -1.17.